The molecule has 0 unspecified atom stereocenters. The number of carbonyl (C=O) groups excluding carboxylic acids is 1. The molecule has 0 spiro atoms. The number of benzene rings is 2. The van der Waals surface area contributed by atoms with Crippen molar-refractivity contribution >= 4 is 11.6 Å². The quantitative estimate of drug-likeness (QED) is 0.750. The SMILES string of the molecule is CCOc1ccc(NC(=O)C2(c3ccc(C)cc3)CCOCC2)cc1C(F)(F)F. The molecule has 1 aliphatic heterocycles. The molecular weight excluding hydrogens is 383 g/mol. The zero-order valence-electron chi connectivity index (χ0n) is 16.4. The molecule has 2 aromatic carbocycles. The van der Waals surface area contributed by atoms with Crippen molar-refractivity contribution in [3.05, 3.63) is 59.2 Å². The minimum Gasteiger partial charge on any atom is -0.493 e. The first-order valence-corrected chi connectivity index (χ1v) is 9.56. The van der Waals surface area contributed by atoms with Crippen LogP contribution < -0.4 is 10.1 Å². The van der Waals surface area contributed by atoms with Crippen LogP contribution in [-0.4, -0.2) is 25.7 Å². The van der Waals surface area contributed by atoms with Crippen molar-refractivity contribution in [1.82, 2.24) is 0 Å². The number of carbonyl (C=O) groups is 1. The van der Waals surface area contributed by atoms with Gasteiger partial charge < -0.3 is 14.8 Å². The standard InChI is InChI=1S/C22H24F3NO3/c1-3-29-19-9-8-17(14-18(19)22(23,24)25)26-20(27)21(10-12-28-13-11-21)16-6-4-15(2)5-7-16/h4-9,14H,3,10-13H2,1-2H3,(H,26,27). The van der Waals surface area contributed by atoms with E-state index in [1.807, 2.05) is 31.2 Å². The van der Waals surface area contributed by atoms with Gasteiger partial charge in [0.05, 0.1) is 17.6 Å². The second kappa shape index (κ2) is 8.45. The molecule has 1 heterocycles. The summed E-state index contributed by atoms with van der Waals surface area (Å²) in [6, 6.07) is 11.3. The Morgan fingerprint density at radius 2 is 1.79 bits per heavy atom. The number of amides is 1. The molecule has 7 heteroatoms. The summed E-state index contributed by atoms with van der Waals surface area (Å²) in [4.78, 5) is 13.3. The van der Waals surface area contributed by atoms with Crippen molar-refractivity contribution in [2.45, 2.75) is 38.3 Å². The van der Waals surface area contributed by atoms with Crippen LogP contribution in [0.5, 0.6) is 5.75 Å². The largest absolute Gasteiger partial charge is 0.493 e. The summed E-state index contributed by atoms with van der Waals surface area (Å²) in [6.07, 6.45) is -3.66. The molecule has 1 aliphatic rings. The van der Waals surface area contributed by atoms with E-state index in [9.17, 15) is 18.0 Å². The number of anilines is 1. The Bertz CT molecular complexity index is 857. The van der Waals surface area contributed by atoms with Gasteiger partial charge in [-0.05, 0) is 50.5 Å². The van der Waals surface area contributed by atoms with Crippen LogP contribution in [0, 0.1) is 6.92 Å². The van der Waals surface area contributed by atoms with Gasteiger partial charge in [-0.15, -0.1) is 0 Å². The van der Waals surface area contributed by atoms with Crippen LogP contribution in [0.2, 0.25) is 0 Å². The van der Waals surface area contributed by atoms with Crippen LogP contribution in [0.15, 0.2) is 42.5 Å². The van der Waals surface area contributed by atoms with E-state index in [0.717, 1.165) is 17.2 Å². The fraction of sp³-hybridized carbons (Fsp3) is 0.409. The van der Waals surface area contributed by atoms with Gasteiger partial charge in [0.2, 0.25) is 5.91 Å². The zero-order chi connectivity index (χ0) is 21.1. The average molecular weight is 407 g/mol. The fourth-order valence-corrected chi connectivity index (χ4v) is 3.60. The topological polar surface area (TPSA) is 47.6 Å². The molecule has 0 saturated carbocycles. The number of nitrogens with one attached hydrogen (secondary N) is 1. The molecule has 1 amide bonds. The van der Waals surface area contributed by atoms with Gasteiger partial charge in [0.15, 0.2) is 0 Å². The van der Waals surface area contributed by atoms with Crippen molar-refractivity contribution < 1.29 is 27.4 Å². The number of alkyl halides is 3. The summed E-state index contributed by atoms with van der Waals surface area (Å²) < 4.78 is 50.8. The van der Waals surface area contributed by atoms with E-state index in [2.05, 4.69) is 5.32 Å². The average Bonchev–Trinajstić information content (AvgIpc) is 2.69. The maximum atomic E-state index is 13.4. The molecule has 29 heavy (non-hydrogen) atoms. The third-order valence-electron chi connectivity index (χ3n) is 5.23. The van der Waals surface area contributed by atoms with E-state index in [1.54, 1.807) is 6.92 Å². The Morgan fingerprint density at radius 3 is 2.38 bits per heavy atom. The van der Waals surface area contributed by atoms with Crippen LogP contribution in [0.3, 0.4) is 0 Å². The number of ether oxygens (including phenoxy) is 2. The Kier molecular flexibility index (Phi) is 6.17. The lowest BCUT2D eigenvalue weighted by Crippen LogP contribution is -2.44. The zero-order valence-corrected chi connectivity index (χ0v) is 16.4. The van der Waals surface area contributed by atoms with Crippen LogP contribution >= 0.6 is 0 Å². The van der Waals surface area contributed by atoms with Crippen LogP contribution in [0.25, 0.3) is 0 Å². The second-order valence-corrected chi connectivity index (χ2v) is 7.16. The molecule has 156 valence electrons. The Hall–Kier alpha value is -2.54. The summed E-state index contributed by atoms with van der Waals surface area (Å²) in [5, 5.41) is 2.70. The van der Waals surface area contributed by atoms with Crippen LogP contribution in [-0.2, 0) is 21.1 Å². The van der Waals surface area contributed by atoms with E-state index >= 15 is 0 Å². The smallest absolute Gasteiger partial charge is 0.420 e. The highest BCUT2D eigenvalue weighted by atomic mass is 19.4. The lowest BCUT2D eigenvalue weighted by Gasteiger charge is -2.36. The maximum absolute atomic E-state index is 13.4. The van der Waals surface area contributed by atoms with E-state index < -0.39 is 17.2 Å². The number of hydrogen-bond donors (Lipinski definition) is 1. The molecule has 0 aliphatic carbocycles. The highest BCUT2D eigenvalue weighted by Gasteiger charge is 2.42. The molecule has 1 N–H and O–H groups in total. The normalized spacial score (nSPS) is 16.3. The molecule has 0 bridgehead atoms. The highest BCUT2D eigenvalue weighted by molar-refractivity contribution is 5.99. The van der Waals surface area contributed by atoms with Crippen molar-refractivity contribution in [2.24, 2.45) is 0 Å². The first-order valence-electron chi connectivity index (χ1n) is 9.56. The van der Waals surface area contributed by atoms with Crippen molar-refractivity contribution in [2.75, 3.05) is 25.1 Å². The van der Waals surface area contributed by atoms with Gasteiger partial charge in [0.1, 0.15) is 5.75 Å². The molecule has 3 rings (SSSR count). The summed E-state index contributed by atoms with van der Waals surface area (Å²) in [7, 11) is 0. The number of halogens is 3. The van der Waals surface area contributed by atoms with Gasteiger partial charge in [-0.2, -0.15) is 13.2 Å². The van der Waals surface area contributed by atoms with Crippen LogP contribution in [0.1, 0.15) is 36.5 Å². The summed E-state index contributed by atoms with van der Waals surface area (Å²) in [6.45, 7) is 4.52. The molecule has 2 aromatic rings. The van der Waals surface area contributed by atoms with Gasteiger partial charge in [-0.25, -0.2) is 0 Å². The number of rotatable bonds is 5. The van der Waals surface area contributed by atoms with Gasteiger partial charge in [-0.3, -0.25) is 4.79 Å². The first kappa shape index (κ1) is 21.2. The van der Waals surface area contributed by atoms with E-state index in [4.69, 9.17) is 9.47 Å². The van der Waals surface area contributed by atoms with Gasteiger partial charge in [0.25, 0.3) is 0 Å². The minimum absolute atomic E-state index is 0.0868. The van der Waals surface area contributed by atoms with Crippen LogP contribution in [0.4, 0.5) is 18.9 Å². The summed E-state index contributed by atoms with van der Waals surface area (Å²) >= 11 is 0. The predicted octanol–water partition coefficient (Wildman–Crippen LogP) is 5.10. The van der Waals surface area contributed by atoms with Crippen molar-refractivity contribution in [1.29, 1.82) is 0 Å². The van der Waals surface area contributed by atoms with Gasteiger partial charge in [0, 0.05) is 18.9 Å². The Balaban J connectivity index is 1.93. The maximum Gasteiger partial charge on any atom is 0.420 e. The molecule has 1 saturated heterocycles. The van der Waals surface area contributed by atoms with Crippen molar-refractivity contribution in [3.8, 4) is 5.75 Å². The molecule has 4 nitrogen and oxygen atoms in total. The van der Waals surface area contributed by atoms with E-state index in [1.165, 1.54) is 12.1 Å². The molecule has 0 atom stereocenters. The molecule has 0 aromatic heterocycles. The number of hydrogen-bond acceptors (Lipinski definition) is 3. The second-order valence-electron chi connectivity index (χ2n) is 7.16. The Labute approximate surface area is 168 Å². The lowest BCUT2D eigenvalue weighted by atomic mass is 9.73. The molecule has 1 fully saturated rings. The first-order chi connectivity index (χ1) is 13.8. The molecule has 0 radical (unpaired) electrons. The lowest BCUT2D eigenvalue weighted by molar-refractivity contribution is -0.139. The highest BCUT2D eigenvalue weighted by Crippen LogP contribution is 2.40. The predicted molar refractivity (Wildman–Crippen MR) is 104 cm³/mol. The fourth-order valence-electron chi connectivity index (χ4n) is 3.60. The minimum atomic E-state index is -4.58. The van der Waals surface area contributed by atoms with Gasteiger partial charge in [-0.1, -0.05) is 29.8 Å². The van der Waals surface area contributed by atoms with E-state index in [0.29, 0.717) is 26.1 Å². The summed E-state index contributed by atoms with van der Waals surface area (Å²) in [5.74, 6) is -0.584. The molecular formula is C22H24F3NO3. The summed E-state index contributed by atoms with van der Waals surface area (Å²) in [5.41, 5.74) is 0.240. The van der Waals surface area contributed by atoms with Gasteiger partial charge >= 0.3 is 6.18 Å². The monoisotopic (exact) mass is 407 g/mol. The number of aryl methyl sites for hydroxylation is 1. The Morgan fingerprint density at radius 1 is 1.14 bits per heavy atom. The van der Waals surface area contributed by atoms with Crippen molar-refractivity contribution in [3.63, 3.8) is 0 Å². The third-order valence-corrected chi connectivity index (χ3v) is 5.23. The van der Waals surface area contributed by atoms with E-state index in [-0.39, 0.29) is 24.0 Å². The third kappa shape index (κ3) is 4.56.